The Morgan fingerprint density at radius 3 is 1.95 bits per heavy atom. The Kier molecular flexibility index (Phi) is 8.84. The Labute approximate surface area is 116 Å². The highest BCUT2D eigenvalue weighted by Gasteiger charge is 2.33. The van der Waals surface area contributed by atoms with Crippen LogP contribution in [0.2, 0.25) is 0 Å². The SMILES string of the molecule is [B][C@@H](CC)OC(COC(C)C)(COC(C)C)N=[N+]=[N-]. The summed E-state index contributed by atoms with van der Waals surface area (Å²) in [5.74, 6) is 0. The van der Waals surface area contributed by atoms with Gasteiger partial charge < -0.3 is 14.2 Å². The second kappa shape index (κ2) is 9.21. The Hall–Kier alpha value is -0.745. The largest absolute Gasteiger partial charge is 0.376 e. The van der Waals surface area contributed by atoms with Gasteiger partial charge in [0.15, 0.2) is 5.72 Å². The van der Waals surface area contributed by atoms with E-state index in [-0.39, 0.29) is 25.4 Å². The number of azide groups is 1. The smallest absolute Gasteiger partial charge is 0.192 e. The molecule has 0 aromatic rings. The third-order valence-electron chi connectivity index (χ3n) is 2.28. The molecule has 0 saturated carbocycles. The standard InChI is InChI=1S/C12H24BN3O3/c1-6-11(13)19-12(15-16-14,7-17-9(2)3)8-18-10(4)5/h9-11H,6-8H2,1-5H3/t11-/m1/s1. The van der Waals surface area contributed by atoms with E-state index in [0.717, 1.165) is 0 Å². The summed E-state index contributed by atoms with van der Waals surface area (Å²) in [5.41, 5.74) is 7.52. The molecule has 108 valence electrons. The molecule has 0 aliphatic carbocycles. The fourth-order valence-electron chi connectivity index (χ4n) is 1.23. The van der Waals surface area contributed by atoms with Gasteiger partial charge in [-0.25, -0.2) is 0 Å². The molecule has 6 nitrogen and oxygen atoms in total. The Bertz CT molecular complexity index is 282. The van der Waals surface area contributed by atoms with Gasteiger partial charge in [0.25, 0.3) is 0 Å². The van der Waals surface area contributed by atoms with Crippen molar-refractivity contribution in [2.75, 3.05) is 13.2 Å². The molecule has 0 heterocycles. The summed E-state index contributed by atoms with van der Waals surface area (Å²) in [6.07, 6.45) is 0.592. The van der Waals surface area contributed by atoms with Crippen molar-refractivity contribution in [3.8, 4) is 0 Å². The van der Waals surface area contributed by atoms with E-state index in [1.807, 2.05) is 34.6 Å². The van der Waals surface area contributed by atoms with Crippen molar-refractivity contribution in [3.05, 3.63) is 10.4 Å². The van der Waals surface area contributed by atoms with Crippen LogP contribution in [0.5, 0.6) is 0 Å². The lowest BCUT2D eigenvalue weighted by Gasteiger charge is -2.33. The van der Waals surface area contributed by atoms with Crippen LogP contribution < -0.4 is 0 Å². The lowest BCUT2D eigenvalue weighted by atomic mass is 9.97. The van der Waals surface area contributed by atoms with Crippen LogP contribution in [0.4, 0.5) is 0 Å². The van der Waals surface area contributed by atoms with E-state index in [0.29, 0.717) is 6.42 Å². The molecule has 0 bridgehead atoms. The summed E-state index contributed by atoms with van der Waals surface area (Å²) in [6.45, 7) is 9.67. The van der Waals surface area contributed by atoms with Crippen LogP contribution in [0.25, 0.3) is 10.4 Å². The molecular weight excluding hydrogens is 245 g/mol. The van der Waals surface area contributed by atoms with E-state index in [4.69, 9.17) is 27.6 Å². The second-order valence-corrected chi connectivity index (χ2v) is 4.92. The maximum Gasteiger partial charge on any atom is 0.192 e. The fraction of sp³-hybridized carbons (Fsp3) is 1.00. The molecular formula is C12H24BN3O3. The average Bonchev–Trinajstić information content (AvgIpc) is 2.34. The van der Waals surface area contributed by atoms with E-state index in [1.54, 1.807) is 0 Å². The van der Waals surface area contributed by atoms with Gasteiger partial charge in [0.05, 0.1) is 25.4 Å². The summed E-state index contributed by atoms with van der Waals surface area (Å²) in [7, 11) is 5.79. The Morgan fingerprint density at radius 2 is 1.63 bits per heavy atom. The number of hydrogen-bond donors (Lipinski definition) is 0. The minimum atomic E-state index is -1.22. The summed E-state index contributed by atoms with van der Waals surface area (Å²) in [4.78, 5) is 2.84. The monoisotopic (exact) mass is 269 g/mol. The molecule has 0 amide bonds. The van der Waals surface area contributed by atoms with Gasteiger partial charge in [-0.05, 0) is 39.6 Å². The first-order chi connectivity index (χ1) is 8.85. The van der Waals surface area contributed by atoms with Crippen molar-refractivity contribution < 1.29 is 14.2 Å². The average molecular weight is 269 g/mol. The van der Waals surface area contributed by atoms with Crippen molar-refractivity contribution in [2.45, 2.75) is 65.0 Å². The first-order valence-electron chi connectivity index (χ1n) is 6.58. The lowest BCUT2D eigenvalue weighted by Crippen LogP contribution is -2.44. The zero-order chi connectivity index (χ0) is 14.9. The van der Waals surface area contributed by atoms with Gasteiger partial charge in [-0.2, -0.15) is 0 Å². The molecule has 0 spiro atoms. The van der Waals surface area contributed by atoms with Gasteiger partial charge >= 0.3 is 0 Å². The van der Waals surface area contributed by atoms with Gasteiger partial charge in [-0.1, -0.05) is 12.0 Å². The van der Waals surface area contributed by atoms with Crippen LogP contribution in [0.1, 0.15) is 41.0 Å². The molecule has 0 aliphatic heterocycles. The molecule has 0 unspecified atom stereocenters. The molecule has 7 heteroatoms. The van der Waals surface area contributed by atoms with Crippen LogP contribution in [-0.2, 0) is 14.2 Å². The number of ether oxygens (including phenoxy) is 3. The van der Waals surface area contributed by atoms with Crippen LogP contribution in [0, 0.1) is 0 Å². The van der Waals surface area contributed by atoms with Gasteiger partial charge in [0, 0.05) is 10.9 Å². The maximum absolute atomic E-state index is 8.74. The van der Waals surface area contributed by atoms with Crippen molar-refractivity contribution in [3.63, 3.8) is 0 Å². The summed E-state index contributed by atoms with van der Waals surface area (Å²) in [5, 5.41) is 3.72. The van der Waals surface area contributed by atoms with Crippen molar-refractivity contribution in [2.24, 2.45) is 5.11 Å². The highest BCUT2D eigenvalue weighted by Crippen LogP contribution is 2.20. The molecule has 0 N–H and O–H groups in total. The molecule has 0 saturated heterocycles. The zero-order valence-corrected chi connectivity index (χ0v) is 12.5. The van der Waals surface area contributed by atoms with Gasteiger partial charge in [-0.3, -0.25) is 0 Å². The van der Waals surface area contributed by atoms with E-state index in [2.05, 4.69) is 10.0 Å². The van der Waals surface area contributed by atoms with E-state index >= 15 is 0 Å². The minimum absolute atomic E-state index is 0.00577. The maximum atomic E-state index is 8.74. The first-order valence-corrected chi connectivity index (χ1v) is 6.58. The van der Waals surface area contributed by atoms with Crippen LogP contribution in [0.3, 0.4) is 0 Å². The van der Waals surface area contributed by atoms with Crippen molar-refractivity contribution >= 4 is 7.85 Å². The topological polar surface area (TPSA) is 76.5 Å². The van der Waals surface area contributed by atoms with Gasteiger partial charge in [0.1, 0.15) is 7.85 Å². The van der Waals surface area contributed by atoms with Gasteiger partial charge in [0.2, 0.25) is 0 Å². The molecule has 0 rings (SSSR count). The van der Waals surface area contributed by atoms with E-state index in [9.17, 15) is 0 Å². The molecule has 19 heavy (non-hydrogen) atoms. The second-order valence-electron chi connectivity index (χ2n) is 4.92. The highest BCUT2D eigenvalue weighted by atomic mass is 16.6. The molecule has 0 aliphatic rings. The fourth-order valence-corrected chi connectivity index (χ4v) is 1.23. The molecule has 0 aromatic carbocycles. The minimum Gasteiger partial charge on any atom is -0.376 e. The van der Waals surface area contributed by atoms with Crippen molar-refractivity contribution in [1.29, 1.82) is 0 Å². The van der Waals surface area contributed by atoms with Crippen molar-refractivity contribution in [1.82, 2.24) is 0 Å². The quantitative estimate of drug-likeness (QED) is 0.265. The predicted molar refractivity (Wildman–Crippen MR) is 75.0 cm³/mol. The lowest BCUT2D eigenvalue weighted by molar-refractivity contribution is -0.157. The number of nitrogens with zero attached hydrogens (tertiary/aromatic N) is 3. The van der Waals surface area contributed by atoms with Gasteiger partial charge in [-0.15, -0.1) is 0 Å². The predicted octanol–water partition coefficient (Wildman–Crippen LogP) is 2.76. The summed E-state index contributed by atoms with van der Waals surface area (Å²) < 4.78 is 16.7. The van der Waals surface area contributed by atoms with E-state index in [1.165, 1.54) is 0 Å². The molecule has 2 radical (unpaired) electrons. The van der Waals surface area contributed by atoms with Crippen LogP contribution in [-0.4, -0.2) is 45.0 Å². The molecule has 0 fully saturated rings. The third kappa shape index (κ3) is 8.11. The zero-order valence-electron chi connectivity index (χ0n) is 12.5. The Morgan fingerprint density at radius 1 is 1.16 bits per heavy atom. The first kappa shape index (κ1) is 18.3. The normalized spacial score (nSPS) is 13.6. The number of hydrogen-bond acceptors (Lipinski definition) is 4. The van der Waals surface area contributed by atoms with Crippen LogP contribution in [0.15, 0.2) is 5.11 Å². The number of rotatable bonds is 10. The molecule has 1 atom stereocenters. The highest BCUT2D eigenvalue weighted by molar-refractivity contribution is 6.10. The van der Waals surface area contributed by atoms with E-state index < -0.39 is 11.7 Å². The summed E-state index contributed by atoms with van der Waals surface area (Å²) in [6, 6.07) is -0.531. The van der Waals surface area contributed by atoms with Crippen LogP contribution >= 0.6 is 0 Å². The summed E-state index contributed by atoms with van der Waals surface area (Å²) >= 11 is 0. The molecule has 0 aromatic heterocycles. The Balaban J connectivity index is 4.91. The third-order valence-corrected chi connectivity index (χ3v) is 2.28.